The maximum absolute atomic E-state index is 15.1. The normalized spacial score (nSPS) is 28.6. The summed E-state index contributed by atoms with van der Waals surface area (Å²) >= 11 is 6.29. The number of amides is 4. The van der Waals surface area contributed by atoms with E-state index in [0.29, 0.717) is 21.7 Å². The van der Waals surface area contributed by atoms with Crippen molar-refractivity contribution in [2.24, 2.45) is 23.7 Å². The third kappa shape index (κ3) is 4.23. The molecule has 2 N–H and O–H groups in total. The number of anilines is 1. The average Bonchev–Trinajstić information content (AvgIpc) is 3.42. The van der Waals surface area contributed by atoms with Gasteiger partial charge in [-0.3, -0.25) is 28.9 Å². The quantitative estimate of drug-likeness (QED) is 0.291. The number of imide groups is 2. The van der Waals surface area contributed by atoms with Crippen molar-refractivity contribution in [2.45, 2.75) is 30.6 Å². The van der Waals surface area contributed by atoms with E-state index in [1.165, 1.54) is 18.2 Å². The Morgan fingerprint density at radius 2 is 1.70 bits per heavy atom. The molecule has 3 fully saturated rings. The second-order valence-corrected chi connectivity index (χ2v) is 12.7. The number of carbonyl (C=O) groups is 5. The Hall–Kier alpha value is -4.83. The van der Waals surface area contributed by atoms with Crippen molar-refractivity contribution < 1.29 is 38.6 Å². The van der Waals surface area contributed by atoms with Gasteiger partial charge in [-0.1, -0.05) is 65.7 Å². The lowest BCUT2D eigenvalue weighted by molar-refractivity contribution is -0.142. The first-order valence-electron chi connectivity index (χ1n) is 15.0. The van der Waals surface area contributed by atoms with Gasteiger partial charge in [0.15, 0.2) is 11.6 Å². The number of likely N-dealkylation sites (tertiary alicyclic amines) is 1. The van der Waals surface area contributed by atoms with E-state index in [4.69, 9.17) is 11.6 Å². The zero-order chi connectivity index (χ0) is 32.5. The molecule has 9 nitrogen and oxygen atoms in total. The summed E-state index contributed by atoms with van der Waals surface area (Å²) in [6.07, 6.45) is 1.62. The molecule has 0 aromatic heterocycles. The van der Waals surface area contributed by atoms with Crippen LogP contribution in [0.25, 0.3) is 0 Å². The summed E-state index contributed by atoms with van der Waals surface area (Å²) in [4.78, 5) is 70.4. The zero-order valence-corrected chi connectivity index (χ0v) is 25.1. The van der Waals surface area contributed by atoms with E-state index in [1.54, 1.807) is 48.5 Å². The van der Waals surface area contributed by atoms with E-state index >= 15 is 9.18 Å². The minimum absolute atomic E-state index is 0.0480. The SMILES string of the molecule is O=C(O)CCN1C(=O)[C@H]2[C@H](CC=C3[C@H]2C[C@H]2C(=O)N(c4cccc(Cl)c4)C(=O)[C@@]2(c2ccccc2)[C@H]3c2ccc(O)c(F)c2)C1=O. The third-order valence-corrected chi connectivity index (χ3v) is 10.3. The lowest BCUT2D eigenvalue weighted by atomic mass is 9.49. The molecule has 3 aromatic carbocycles. The van der Waals surface area contributed by atoms with Crippen LogP contribution in [-0.4, -0.2) is 51.3 Å². The minimum Gasteiger partial charge on any atom is -0.505 e. The number of carboxylic acids is 1. The summed E-state index contributed by atoms with van der Waals surface area (Å²) in [5.41, 5.74) is 0.173. The molecule has 1 saturated carbocycles. The van der Waals surface area contributed by atoms with Gasteiger partial charge in [0.1, 0.15) is 0 Å². The van der Waals surface area contributed by atoms with Crippen LogP contribution in [0.4, 0.5) is 10.1 Å². The van der Waals surface area contributed by atoms with Gasteiger partial charge in [-0.2, -0.15) is 0 Å². The fraction of sp³-hybridized carbons (Fsp3) is 0.286. The highest BCUT2D eigenvalue weighted by atomic mass is 35.5. The number of hydrogen-bond donors (Lipinski definition) is 2. The van der Waals surface area contributed by atoms with Gasteiger partial charge in [0.25, 0.3) is 0 Å². The number of carbonyl (C=O) groups excluding carboxylic acids is 4. The summed E-state index contributed by atoms with van der Waals surface area (Å²) in [6, 6.07) is 19.0. The minimum atomic E-state index is -1.58. The van der Waals surface area contributed by atoms with Gasteiger partial charge in [0, 0.05) is 17.5 Å². The first kappa shape index (κ1) is 29.9. The lowest BCUT2D eigenvalue weighted by Gasteiger charge is -2.50. The number of allylic oxidation sites excluding steroid dienone is 2. The molecule has 7 rings (SSSR count). The average molecular weight is 643 g/mol. The van der Waals surface area contributed by atoms with Crippen LogP contribution in [-0.2, 0) is 29.4 Å². The summed E-state index contributed by atoms with van der Waals surface area (Å²) in [5.74, 6) is -8.97. The highest BCUT2D eigenvalue weighted by Gasteiger charge is 2.70. The number of fused-ring (bicyclic) bond motifs is 4. The molecule has 0 unspecified atom stereocenters. The second kappa shape index (κ2) is 10.9. The van der Waals surface area contributed by atoms with Crippen LogP contribution in [0.15, 0.2) is 84.4 Å². The number of halogens is 2. The Bertz CT molecular complexity index is 1860. The maximum atomic E-state index is 15.1. The molecule has 46 heavy (non-hydrogen) atoms. The molecule has 4 amide bonds. The largest absolute Gasteiger partial charge is 0.505 e. The van der Waals surface area contributed by atoms with Gasteiger partial charge in [-0.25, -0.2) is 9.29 Å². The Morgan fingerprint density at radius 3 is 2.39 bits per heavy atom. The number of aromatic hydroxyl groups is 1. The van der Waals surface area contributed by atoms with Gasteiger partial charge in [-0.05, 0) is 60.2 Å². The van der Waals surface area contributed by atoms with Gasteiger partial charge >= 0.3 is 5.97 Å². The highest BCUT2D eigenvalue weighted by molar-refractivity contribution is 6.32. The van der Waals surface area contributed by atoms with Crippen LogP contribution in [0, 0.1) is 29.5 Å². The van der Waals surface area contributed by atoms with E-state index in [-0.39, 0.29) is 25.1 Å². The molecule has 2 aliphatic heterocycles. The van der Waals surface area contributed by atoms with Crippen molar-refractivity contribution in [3.8, 4) is 5.75 Å². The fourth-order valence-electron chi connectivity index (χ4n) is 8.31. The first-order chi connectivity index (χ1) is 22.0. The second-order valence-electron chi connectivity index (χ2n) is 12.3. The smallest absolute Gasteiger partial charge is 0.305 e. The Kier molecular flexibility index (Phi) is 7.08. The molecule has 6 atom stereocenters. The number of nitrogens with zero attached hydrogens (tertiary/aromatic N) is 2. The van der Waals surface area contributed by atoms with Crippen LogP contribution in [0.3, 0.4) is 0 Å². The number of rotatable bonds is 6. The van der Waals surface area contributed by atoms with Crippen LogP contribution in [0.1, 0.15) is 36.3 Å². The van der Waals surface area contributed by atoms with Crippen LogP contribution in [0.2, 0.25) is 5.02 Å². The Morgan fingerprint density at radius 1 is 0.935 bits per heavy atom. The van der Waals surface area contributed by atoms with Crippen molar-refractivity contribution in [1.82, 2.24) is 4.90 Å². The van der Waals surface area contributed by atoms with Crippen LogP contribution in [0.5, 0.6) is 5.75 Å². The molecular weight excluding hydrogens is 615 g/mol. The zero-order valence-electron chi connectivity index (χ0n) is 24.3. The monoisotopic (exact) mass is 642 g/mol. The van der Waals surface area contributed by atoms with Crippen molar-refractivity contribution >= 4 is 46.9 Å². The maximum Gasteiger partial charge on any atom is 0.305 e. The van der Waals surface area contributed by atoms with Gasteiger partial charge in [0.2, 0.25) is 23.6 Å². The summed E-state index contributed by atoms with van der Waals surface area (Å²) in [6.45, 7) is -0.272. The predicted octanol–water partition coefficient (Wildman–Crippen LogP) is 4.82. The first-order valence-corrected chi connectivity index (χ1v) is 15.4. The topological polar surface area (TPSA) is 132 Å². The van der Waals surface area contributed by atoms with Gasteiger partial charge in [-0.15, -0.1) is 0 Å². The summed E-state index contributed by atoms with van der Waals surface area (Å²) < 4.78 is 15.1. The van der Waals surface area contributed by atoms with E-state index in [0.717, 1.165) is 15.9 Å². The third-order valence-electron chi connectivity index (χ3n) is 10.1. The van der Waals surface area contributed by atoms with E-state index < -0.39 is 82.6 Å². The van der Waals surface area contributed by atoms with Gasteiger partial charge in [0.05, 0.1) is 35.3 Å². The van der Waals surface area contributed by atoms with E-state index in [1.807, 2.05) is 6.08 Å². The number of carboxylic acid groups (broad SMARTS) is 1. The predicted molar refractivity (Wildman–Crippen MR) is 163 cm³/mol. The van der Waals surface area contributed by atoms with E-state index in [9.17, 15) is 29.4 Å². The molecule has 0 bridgehead atoms. The number of aliphatic carboxylic acids is 1. The lowest BCUT2D eigenvalue weighted by Crippen LogP contribution is -2.53. The van der Waals surface area contributed by atoms with Crippen LogP contribution >= 0.6 is 11.6 Å². The van der Waals surface area contributed by atoms with Crippen molar-refractivity contribution in [3.63, 3.8) is 0 Å². The number of phenolic OH excluding ortho intramolecular Hbond substituents is 1. The molecule has 3 aromatic rings. The number of phenols is 1. The molecule has 4 aliphatic rings. The molecular formula is C35H28ClFN2O7. The Balaban J connectivity index is 1.46. The number of hydrogen-bond acceptors (Lipinski definition) is 6. The molecule has 234 valence electrons. The molecule has 0 radical (unpaired) electrons. The van der Waals surface area contributed by atoms with Crippen molar-refractivity contribution in [3.05, 3.63) is 106 Å². The number of benzene rings is 3. The fourth-order valence-corrected chi connectivity index (χ4v) is 8.50. The molecule has 11 heteroatoms. The molecule has 2 aliphatic carbocycles. The Labute approximate surface area is 267 Å². The van der Waals surface area contributed by atoms with Crippen LogP contribution < -0.4 is 4.90 Å². The molecule has 0 spiro atoms. The highest BCUT2D eigenvalue weighted by Crippen LogP contribution is 2.64. The van der Waals surface area contributed by atoms with Crippen molar-refractivity contribution in [1.29, 1.82) is 0 Å². The molecule has 2 saturated heterocycles. The van der Waals surface area contributed by atoms with E-state index in [2.05, 4.69) is 0 Å². The van der Waals surface area contributed by atoms with Gasteiger partial charge < -0.3 is 10.2 Å². The van der Waals surface area contributed by atoms with Crippen molar-refractivity contribution in [2.75, 3.05) is 11.4 Å². The summed E-state index contributed by atoms with van der Waals surface area (Å²) in [5, 5.41) is 19.6. The standard InChI is InChI=1S/C35H28ClFN2O7/c36-20-7-4-8-21(16-20)39-32(44)25-17-24-22(10-11-23-29(24)33(45)38(31(23)43)14-13-28(41)42)30(18-9-12-27(40)26(37)15-18)35(25,34(39)46)19-5-2-1-3-6-19/h1-10,12,15-16,23-25,29-30,40H,11,13-14,17H2,(H,41,42)/t23-,24+,25-,29-,30-,35+/m0/s1. The molecule has 2 heterocycles. The summed E-state index contributed by atoms with van der Waals surface area (Å²) in [7, 11) is 0.